The highest BCUT2D eigenvalue weighted by Gasteiger charge is 2.00. The highest BCUT2D eigenvalue weighted by Crippen LogP contribution is 2.16. The van der Waals surface area contributed by atoms with Crippen LogP contribution in [0.2, 0.25) is 0 Å². The molecular weight excluding hydrogens is 216 g/mol. The van der Waals surface area contributed by atoms with Crippen molar-refractivity contribution >= 4 is 6.08 Å². The van der Waals surface area contributed by atoms with Crippen molar-refractivity contribution < 1.29 is 0 Å². The average Bonchev–Trinajstić information content (AvgIpc) is 2.35. The molecule has 0 saturated heterocycles. The van der Waals surface area contributed by atoms with Crippen LogP contribution in [-0.4, -0.2) is 0 Å². The molecule has 0 aliphatic rings. The topological polar surface area (TPSA) is 0 Å². The van der Waals surface area contributed by atoms with Crippen molar-refractivity contribution in [3.63, 3.8) is 0 Å². The van der Waals surface area contributed by atoms with Crippen LogP contribution < -0.4 is 0 Å². The molecule has 0 heterocycles. The molecule has 0 aliphatic heterocycles. The minimum atomic E-state index is 0.824. The maximum absolute atomic E-state index is 3.95. The quantitative estimate of drug-likeness (QED) is 0.501. The molecule has 1 rings (SSSR count). The Labute approximate surface area is 112 Å². The third-order valence-electron chi connectivity index (χ3n) is 3.24. The molecule has 0 saturated carbocycles. The lowest BCUT2D eigenvalue weighted by atomic mass is 9.97. The number of rotatable bonds is 8. The van der Waals surface area contributed by atoms with Gasteiger partial charge in [0.25, 0.3) is 0 Å². The highest BCUT2D eigenvalue weighted by atomic mass is 14.1. The Morgan fingerprint density at radius 2 is 1.94 bits per heavy atom. The zero-order valence-corrected chi connectivity index (χ0v) is 11.9. The van der Waals surface area contributed by atoms with Crippen LogP contribution in [0.15, 0.2) is 48.6 Å². The van der Waals surface area contributed by atoms with Gasteiger partial charge >= 0.3 is 0 Å². The molecule has 0 N–H and O–H groups in total. The van der Waals surface area contributed by atoms with Gasteiger partial charge in [0.1, 0.15) is 0 Å². The molecule has 0 fully saturated rings. The normalized spacial score (nSPS) is 12.8. The molecule has 0 bridgehead atoms. The molecule has 0 nitrogen and oxygen atoms in total. The molecule has 1 atom stereocenters. The van der Waals surface area contributed by atoms with E-state index in [1.807, 2.05) is 0 Å². The lowest BCUT2D eigenvalue weighted by Gasteiger charge is -2.09. The molecule has 18 heavy (non-hydrogen) atoms. The van der Waals surface area contributed by atoms with Crippen molar-refractivity contribution in [3.05, 3.63) is 54.1 Å². The summed E-state index contributed by atoms with van der Waals surface area (Å²) in [7, 11) is 0. The first-order valence-electron chi connectivity index (χ1n) is 7.04. The van der Waals surface area contributed by atoms with E-state index in [1.54, 1.807) is 0 Å². The van der Waals surface area contributed by atoms with E-state index < -0.39 is 0 Å². The van der Waals surface area contributed by atoms with Gasteiger partial charge in [0.05, 0.1) is 0 Å². The van der Waals surface area contributed by atoms with Crippen LogP contribution in [0.3, 0.4) is 0 Å². The molecule has 0 aliphatic carbocycles. The van der Waals surface area contributed by atoms with E-state index in [2.05, 4.69) is 62.9 Å². The Morgan fingerprint density at radius 3 is 2.61 bits per heavy atom. The Balaban J connectivity index is 2.13. The van der Waals surface area contributed by atoms with Crippen LogP contribution in [0.4, 0.5) is 0 Å². The van der Waals surface area contributed by atoms with E-state index in [1.165, 1.54) is 43.2 Å². The van der Waals surface area contributed by atoms with Crippen LogP contribution in [0.1, 0.15) is 51.5 Å². The molecule has 0 amide bonds. The number of benzene rings is 1. The molecule has 0 heteroatoms. The van der Waals surface area contributed by atoms with Crippen LogP contribution in [0.5, 0.6) is 0 Å². The Morgan fingerprint density at radius 1 is 1.22 bits per heavy atom. The molecule has 1 aromatic carbocycles. The Bertz CT molecular complexity index is 359. The summed E-state index contributed by atoms with van der Waals surface area (Å²) in [5.74, 6) is 0.824. The van der Waals surface area contributed by atoms with Crippen molar-refractivity contribution in [2.24, 2.45) is 5.92 Å². The van der Waals surface area contributed by atoms with Gasteiger partial charge in [-0.1, -0.05) is 61.4 Å². The van der Waals surface area contributed by atoms with Crippen LogP contribution >= 0.6 is 0 Å². The van der Waals surface area contributed by atoms with Gasteiger partial charge in [0.15, 0.2) is 0 Å². The third-order valence-corrected chi connectivity index (χ3v) is 3.24. The summed E-state index contributed by atoms with van der Waals surface area (Å²) < 4.78 is 0. The second-order valence-corrected chi connectivity index (χ2v) is 5.34. The van der Waals surface area contributed by atoms with Crippen molar-refractivity contribution in [2.75, 3.05) is 0 Å². The van der Waals surface area contributed by atoms with Gasteiger partial charge in [-0.05, 0) is 44.1 Å². The standard InChI is InChI=1S/C18H26/c1-16(2)10-9-12-17(3)11-7-8-15-18-13-5-4-6-14-18/h4-6,8,13-15,17H,1,7,9-12H2,2-3H3/b15-8+. The van der Waals surface area contributed by atoms with Gasteiger partial charge in [-0.25, -0.2) is 0 Å². The summed E-state index contributed by atoms with van der Waals surface area (Å²) in [6.07, 6.45) is 10.8. The maximum atomic E-state index is 3.95. The number of allylic oxidation sites excluding steroid dienone is 2. The smallest absolute Gasteiger partial charge is 0.0260 e. The summed E-state index contributed by atoms with van der Waals surface area (Å²) in [6.45, 7) is 8.42. The predicted octanol–water partition coefficient (Wildman–Crippen LogP) is 5.86. The zero-order valence-electron chi connectivity index (χ0n) is 11.9. The molecule has 1 unspecified atom stereocenters. The molecule has 0 radical (unpaired) electrons. The molecular formula is C18H26. The SMILES string of the molecule is C=C(C)CCCC(C)CC/C=C/c1ccccc1. The fourth-order valence-electron chi connectivity index (χ4n) is 2.06. The summed E-state index contributed by atoms with van der Waals surface area (Å²) >= 11 is 0. The maximum Gasteiger partial charge on any atom is -0.0260 e. The average molecular weight is 242 g/mol. The second-order valence-electron chi connectivity index (χ2n) is 5.34. The summed E-state index contributed by atoms with van der Waals surface area (Å²) in [4.78, 5) is 0. The lowest BCUT2D eigenvalue weighted by molar-refractivity contribution is 0.479. The number of hydrogen-bond donors (Lipinski definition) is 0. The van der Waals surface area contributed by atoms with Crippen molar-refractivity contribution in [1.29, 1.82) is 0 Å². The largest absolute Gasteiger partial charge is 0.100 e. The van der Waals surface area contributed by atoms with E-state index in [0.717, 1.165) is 5.92 Å². The van der Waals surface area contributed by atoms with E-state index >= 15 is 0 Å². The molecule has 0 spiro atoms. The van der Waals surface area contributed by atoms with Crippen LogP contribution in [-0.2, 0) is 0 Å². The van der Waals surface area contributed by atoms with E-state index in [4.69, 9.17) is 0 Å². The van der Waals surface area contributed by atoms with Gasteiger partial charge in [0.2, 0.25) is 0 Å². The first-order chi connectivity index (χ1) is 8.68. The van der Waals surface area contributed by atoms with Crippen LogP contribution in [0, 0.1) is 5.92 Å². The van der Waals surface area contributed by atoms with Crippen molar-refractivity contribution in [1.82, 2.24) is 0 Å². The second kappa shape index (κ2) is 8.74. The monoisotopic (exact) mass is 242 g/mol. The molecule has 98 valence electrons. The number of hydrogen-bond acceptors (Lipinski definition) is 0. The van der Waals surface area contributed by atoms with E-state index in [-0.39, 0.29) is 0 Å². The van der Waals surface area contributed by atoms with Gasteiger partial charge in [-0.15, -0.1) is 6.58 Å². The first kappa shape index (κ1) is 14.8. The third kappa shape index (κ3) is 7.11. The minimum absolute atomic E-state index is 0.824. The fourth-order valence-corrected chi connectivity index (χ4v) is 2.06. The predicted molar refractivity (Wildman–Crippen MR) is 82.5 cm³/mol. The Kier molecular flexibility index (Phi) is 7.17. The van der Waals surface area contributed by atoms with Gasteiger partial charge in [-0.3, -0.25) is 0 Å². The zero-order chi connectivity index (χ0) is 13.2. The van der Waals surface area contributed by atoms with Gasteiger partial charge < -0.3 is 0 Å². The molecule has 0 aromatic heterocycles. The Hall–Kier alpha value is -1.30. The van der Waals surface area contributed by atoms with Crippen molar-refractivity contribution in [3.8, 4) is 0 Å². The minimum Gasteiger partial charge on any atom is -0.100 e. The first-order valence-corrected chi connectivity index (χ1v) is 7.04. The summed E-state index contributed by atoms with van der Waals surface area (Å²) in [5, 5.41) is 0. The van der Waals surface area contributed by atoms with Gasteiger partial charge in [0, 0.05) is 0 Å². The molecule has 1 aromatic rings. The summed E-state index contributed by atoms with van der Waals surface area (Å²) in [6, 6.07) is 10.5. The van der Waals surface area contributed by atoms with E-state index in [0.29, 0.717) is 0 Å². The van der Waals surface area contributed by atoms with Crippen LogP contribution in [0.25, 0.3) is 6.08 Å². The van der Waals surface area contributed by atoms with E-state index in [9.17, 15) is 0 Å². The van der Waals surface area contributed by atoms with Gasteiger partial charge in [-0.2, -0.15) is 0 Å². The van der Waals surface area contributed by atoms with Crippen molar-refractivity contribution in [2.45, 2.75) is 46.0 Å². The summed E-state index contributed by atoms with van der Waals surface area (Å²) in [5.41, 5.74) is 2.61. The fraction of sp³-hybridized carbons (Fsp3) is 0.444. The lowest BCUT2D eigenvalue weighted by Crippen LogP contribution is -1.94. The highest BCUT2D eigenvalue weighted by molar-refractivity contribution is 5.48.